The molecule has 8 heteroatoms. The van der Waals surface area contributed by atoms with E-state index in [1.807, 2.05) is 6.92 Å². The number of anilines is 2. The maximum atomic E-state index is 13.6. The second-order valence-corrected chi connectivity index (χ2v) is 8.66. The summed E-state index contributed by atoms with van der Waals surface area (Å²) in [7, 11) is -3.89. The van der Waals surface area contributed by atoms with Crippen LogP contribution in [-0.4, -0.2) is 19.6 Å². The predicted octanol–water partition coefficient (Wildman–Crippen LogP) is 3.76. The third-order valence-corrected chi connectivity index (χ3v) is 6.70. The van der Waals surface area contributed by atoms with Gasteiger partial charge in [-0.25, -0.2) is 12.8 Å². The molecule has 2 aromatic carbocycles. The molecule has 25 heavy (non-hydrogen) atoms. The minimum atomic E-state index is -3.89. The zero-order valence-electron chi connectivity index (χ0n) is 13.7. The quantitative estimate of drug-likeness (QED) is 0.847. The molecule has 0 saturated heterocycles. The van der Waals surface area contributed by atoms with Gasteiger partial charge in [0.25, 0.3) is 10.0 Å². The first kappa shape index (κ1) is 17.8. The van der Waals surface area contributed by atoms with Gasteiger partial charge in [0.2, 0.25) is 5.91 Å². The lowest BCUT2D eigenvalue weighted by molar-refractivity contribution is -0.115. The number of aryl methyl sites for hydroxylation is 1. The van der Waals surface area contributed by atoms with E-state index in [0.29, 0.717) is 17.7 Å². The fourth-order valence-electron chi connectivity index (χ4n) is 2.44. The van der Waals surface area contributed by atoms with Crippen molar-refractivity contribution in [1.29, 1.82) is 0 Å². The van der Waals surface area contributed by atoms with Crippen LogP contribution < -0.4 is 10.0 Å². The Balaban J connectivity index is 1.89. The minimum Gasteiger partial charge on any atom is -0.324 e. The topological polar surface area (TPSA) is 75.3 Å². The van der Waals surface area contributed by atoms with Crippen molar-refractivity contribution in [1.82, 2.24) is 0 Å². The summed E-state index contributed by atoms with van der Waals surface area (Å²) >= 11 is 1.42. The maximum absolute atomic E-state index is 13.6. The molecule has 1 aliphatic rings. The highest BCUT2D eigenvalue weighted by molar-refractivity contribution is 8.01. The highest BCUT2D eigenvalue weighted by atomic mass is 32.2. The molecule has 2 aromatic rings. The average Bonchev–Trinajstić information content (AvgIpc) is 2.56. The lowest BCUT2D eigenvalue weighted by Crippen LogP contribution is -2.28. The fourth-order valence-corrected chi connectivity index (χ4v) is 4.53. The van der Waals surface area contributed by atoms with E-state index in [-0.39, 0.29) is 21.7 Å². The van der Waals surface area contributed by atoms with Crippen LogP contribution in [0.5, 0.6) is 0 Å². The molecule has 1 atom stereocenters. The van der Waals surface area contributed by atoms with Crippen LogP contribution in [0.15, 0.2) is 46.2 Å². The second-order valence-electron chi connectivity index (χ2n) is 5.73. The number of halogens is 1. The standard InChI is InChI=1S/C17H17FN2O3S2/c1-3-15-17(21)19-14-9-12(6-7-16(14)24-15)25(22,23)20-11-5-4-10(2)13(18)8-11/h4-9,15,20H,3H2,1-2H3,(H,19,21)/t15-/m1/s1. The molecule has 0 aromatic heterocycles. The summed E-state index contributed by atoms with van der Waals surface area (Å²) in [5, 5.41) is 2.56. The van der Waals surface area contributed by atoms with Crippen molar-refractivity contribution in [2.45, 2.75) is 35.3 Å². The molecule has 3 rings (SSSR count). The summed E-state index contributed by atoms with van der Waals surface area (Å²) in [6, 6.07) is 8.70. The van der Waals surface area contributed by atoms with Crippen molar-refractivity contribution in [3.63, 3.8) is 0 Å². The number of hydrogen-bond donors (Lipinski definition) is 2. The predicted molar refractivity (Wildman–Crippen MR) is 97.0 cm³/mol. The molecule has 1 amide bonds. The lowest BCUT2D eigenvalue weighted by atomic mass is 10.2. The maximum Gasteiger partial charge on any atom is 0.261 e. The molecule has 0 radical (unpaired) electrons. The van der Waals surface area contributed by atoms with E-state index >= 15 is 0 Å². The largest absolute Gasteiger partial charge is 0.324 e. The third-order valence-electron chi connectivity index (χ3n) is 3.88. The molecule has 5 nitrogen and oxygen atoms in total. The number of carbonyl (C=O) groups is 1. The summed E-state index contributed by atoms with van der Waals surface area (Å²) in [5.74, 6) is -0.622. The van der Waals surface area contributed by atoms with Gasteiger partial charge in [0.1, 0.15) is 5.82 Å². The Morgan fingerprint density at radius 1 is 1.24 bits per heavy atom. The number of hydrogen-bond acceptors (Lipinski definition) is 4. The van der Waals surface area contributed by atoms with Crippen molar-refractivity contribution < 1.29 is 17.6 Å². The number of nitrogens with one attached hydrogen (secondary N) is 2. The highest BCUT2D eigenvalue weighted by Gasteiger charge is 2.27. The minimum absolute atomic E-state index is 0.00285. The van der Waals surface area contributed by atoms with Gasteiger partial charge in [-0.3, -0.25) is 9.52 Å². The van der Waals surface area contributed by atoms with Crippen LogP contribution in [0.2, 0.25) is 0 Å². The molecular weight excluding hydrogens is 363 g/mol. The Morgan fingerprint density at radius 3 is 2.68 bits per heavy atom. The first-order valence-electron chi connectivity index (χ1n) is 7.70. The average molecular weight is 380 g/mol. The molecule has 0 fully saturated rings. The molecule has 0 aliphatic carbocycles. The normalized spacial score (nSPS) is 16.9. The molecule has 0 unspecified atom stereocenters. The van der Waals surface area contributed by atoms with E-state index in [1.54, 1.807) is 13.0 Å². The van der Waals surface area contributed by atoms with Crippen LogP contribution in [0, 0.1) is 12.7 Å². The van der Waals surface area contributed by atoms with Crippen molar-refractivity contribution in [3.05, 3.63) is 47.8 Å². The Morgan fingerprint density at radius 2 is 2.00 bits per heavy atom. The van der Waals surface area contributed by atoms with Gasteiger partial charge in [0.15, 0.2) is 0 Å². The number of fused-ring (bicyclic) bond motifs is 1. The van der Waals surface area contributed by atoms with Gasteiger partial charge in [0, 0.05) is 4.90 Å². The molecular formula is C17H17FN2O3S2. The van der Waals surface area contributed by atoms with Crippen LogP contribution in [0.1, 0.15) is 18.9 Å². The van der Waals surface area contributed by atoms with Crippen LogP contribution in [0.3, 0.4) is 0 Å². The summed E-state index contributed by atoms with van der Waals surface area (Å²) in [5.41, 5.74) is 1.05. The van der Waals surface area contributed by atoms with Gasteiger partial charge >= 0.3 is 0 Å². The lowest BCUT2D eigenvalue weighted by Gasteiger charge is -2.23. The summed E-state index contributed by atoms with van der Waals surface area (Å²) < 4.78 is 41.0. The fraction of sp³-hybridized carbons (Fsp3) is 0.235. The van der Waals surface area contributed by atoms with Gasteiger partial charge in [-0.15, -0.1) is 11.8 Å². The number of thioether (sulfide) groups is 1. The Kier molecular flexibility index (Phi) is 4.75. The molecule has 0 spiro atoms. The third kappa shape index (κ3) is 3.64. The first-order chi connectivity index (χ1) is 11.8. The van der Waals surface area contributed by atoms with Gasteiger partial charge in [0.05, 0.1) is 21.5 Å². The molecule has 0 bridgehead atoms. The smallest absolute Gasteiger partial charge is 0.261 e. The molecule has 1 aliphatic heterocycles. The van der Waals surface area contributed by atoms with E-state index in [9.17, 15) is 17.6 Å². The molecule has 2 N–H and O–H groups in total. The van der Waals surface area contributed by atoms with E-state index in [4.69, 9.17) is 0 Å². The highest BCUT2D eigenvalue weighted by Crippen LogP contribution is 2.38. The molecule has 132 valence electrons. The Hall–Kier alpha value is -2.06. The van der Waals surface area contributed by atoms with E-state index in [0.717, 1.165) is 11.0 Å². The zero-order chi connectivity index (χ0) is 18.2. The van der Waals surface area contributed by atoms with E-state index in [1.165, 1.54) is 36.0 Å². The number of sulfonamides is 1. The number of carbonyl (C=O) groups excluding carboxylic acids is 1. The van der Waals surface area contributed by atoms with E-state index in [2.05, 4.69) is 10.0 Å². The number of benzene rings is 2. The Bertz CT molecular complexity index is 945. The van der Waals surface area contributed by atoms with E-state index < -0.39 is 15.8 Å². The van der Waals surface area contributed by atoms with Gasteiger partial charge in [-0.1, -0.05) is 13.0 Å². The second kappa shape index (κ2) is 6.68. The number of rotatable bonds is 4. The molecule has 1 heterocycles. The first-order valence-corrected chi connectivity index (χ1v) is 10.1. The van der Waals surface area contributed by atoms with Crippen LogP contribution >= 0.6 is 11.8 Å². The monoisotopic (exact) mass is 380 g/mol. The van der Waals surface area contributed by atoms with Gasteiger partial charge < -0.3 is 5.32 Å². The van der Waals surface area contributed by atoms with Crippen molar-refractivity contribution in [3.8, 4) is 0 Å². The van der Waals surface area contributed by atoms with Crippen molar-refractivity contribution >= 4 is 39.1 Å². The summed E-state index contributed by atoms with van der Waals surface area (Å²) in [6.07, 6.45) is 0.691. The Labute approximate surface area is 150 Å². The van der Waals surface area contributed by atoms with Gasteiger partial charge in [-0.05, 0) is 49.2 Å². The van der Waals surface area contributed by atoms with Crippen LogP contribution in [0.25, 0.3) is 0 Å². The summed E-state index contributed by atoms with van der Waals surface area (Å²) in [4.78, 5) is 12.8. The van der Waals surface area contributed by atoms with Crippen LogP contribution in [0.4, 0.5) is 15.8 Å². The number of amides is 1. The van der Waals surface area contributed by atoms with Crippen molar-refractivity contribution in [2.75, 3.05) is 10.0 Å². The molecule has 0 saturated carbocycles. The van der Waals surface area contributed by atoms with Gasteiger partial charge in [-0.2, -0.15) is 0 Å². The SMILES string of the molecule is CC[C@H]1Sc2ccc(S(=O)(=O)Nc3ccc(C)c(F)c3)cc2NC1=O. The summed E-state index contributed by atoms with van der Waals surface area (Å²) in [6.45, 7) is 3.52. The zero-order valence-corrected chi connectivity index (χ0v) is 15.3. The van der Waals surface area contributed by atoms with Crippen molar-refractivity contribution in [2.24, 2.45) is 0 Å². The van der Waals surface area contributed by atoms with Crippen LogP contribution in [-0.2, 0) is 14.8 Å².